The summed E-state index contributed by atoms with van der Waals surface area (Å²) in [6.07, 6.45) is 2.66. The number of nitrogens with one attached hydrogen (secondary N) is 1. The lowest BCUT2D eigenvalue weighted by Gasteiger charge is -2.24. The van der Waals surface area contributed by atoms with E-state index in [0.29, 0.717) is 0 Å². The van der Waals surface area contributed by atoms with Crippen molar-refractivity contribution in [1.29, 1.82) is 0 Å². The van der Waals surface area contributed by atoms with Crippen molar-refractivity contribution in [2.24, 2.45) is 0 Å². The molecule has 0 atom stereocenters. The van der Waals surface area contributed by atoms with Crippen LogP contribution in [0.1, 0.15) is 18.4 Å². The highest BCUT2D eigenvalue weighted by molar-refractivity contribution is 7.99. The quantitative estimate of drug-likeness (QED) is 0.921. The minimum absolute atomic E-state index is 0.815. The summed E-state index contributed by atoms with van der Waals surface area (Å²) in [6, 6.07) is 8.44. The first-order valence-electron chi connectivity index (χ1n) is 7.67. The Balaban J connectivity index is 1.46. The van der Waals surface area contributed by atoms with Gasteiger partial charge in [-0.1, -0.05) is 18.2 Å². The van der Waals surface area contributed by atoms with Crippen molar-refractivity contribution in [2.75, 3.05) is 38.5 Å². The van der Waals surface area contributed by atoms with Crippen LogP contribution in [-0.4, -0.2) is 48.7 Å². The molecular formula is C16H24N2OS. The molecule has 1 fully saturated rings. The van der Waals surface area contributed by atoms with Gasteiger partial charge in [-0.3, -0.25) is 4.90 Å². The van der Waals surface area contributed by atoms with Crippen molar-refractivity contribution < 1.29 is 4.74 Å². The average molecular weight is 292 g/mol. The van der Waals surface area contributed by atoms with Crippen LogP contribution in [-0.2, 0) is 6.54 Å². The molecule has 2 heterocycles. The maximum atomic E-state index is 5.82. The first-order chi connectivity index (χ1) is 9.92. The summed E-state index contributed by atoms with van der Waals surface area (Å²) in [5, 5.41) is 4.30. The van der Waals surface area contributed by atoms with Gasteiger partial charge in [0.2, 0.25) is 0 Å². The normalized spacial score (nSPS) is 21.0. The highest BCUT2D eigenvalue weighted by atomic mass is 32.2. The minimum Gasteiger partial charge on any atom is -0.492 e. The van der Waals surface area contributed by atoms with Crippen LogP contribution in [0, 0.1) is 0 Å². The van der Waals surface area contributed by atoms with Gasteiger partial charge in [0.05, 0.1) is 0 Å². The van der Waals surface area contributed by atoms with E-state index in [2.05, 4.69) is 46.2 Å². The Bertz CT molecular complexity index is 421. The molecule has 110 valence electrons. The predicted molar refractivity (Wildman–Crippen MR) is 85.6 cm³/mol. The number of thioether (sulfide) groups is 1. The number of rotatable bonds is 4. The Hall–Kier alpha value is -0.710. The zero-order valence-corrected chi connectivity index (χ0v) is 12.8. The monoisotopic (exact) mass is 292 g/mol. The van der Waals surface area contributed by atoms with E-state index >= 15 is 0 Å². The highest BCUT2D eigenvalue weighted by Crippen LogP contribution is 2.24. The molecule has 0 saturated carbocycles. The van der Waals surface area contributed by atoms with Crippen molar-refractivity contribution in [2.45, 2.75) is 24.6 Å². The first-order valence-corrected chi connectivity index (χ1v) is 8.72. The number of para-hydroxylation sites is 1. The number of benzene rings is 1. The summed E-state index contributed by atoms with van der Waals surface area (Å²) in [5.41, 5.74) is 1.33. The molecule has 4 heteroatoms. The molecule has 3 nitrogen and oxygen atoms in total. The van der Waals surface area contributed by atoms with Crippen LogP contribution in [0.3, 0.4) is 0 Å². The molecule has 1 N–H and O–H groups in total. The van der Waals surface area contributed by atoms with Gasteiger partial charge in [0.15, 0.2) is 0 Å². The third-order valence-corrected chi connectivity index (χ3v) is 5.44. The van der Waals surface area contributed by atoms with E-state index in [-0.39, 0.29) is 0 Å². The fourth-order valence-electron chi connectivity index (χ4n) is 2.88. The van der Waals surface area contributed by atoms with Gasteiger partial charge in [0.25, 0.3) is 0 Å². The van der Waals surface area contributed by atoms with Gasteiger partial charge in [0, 0.05) is 36.2 Å². The van der Waals surface area contributed by atoms with E-state index < -0.39 is 0 Å². The van der Waals surface area contributed by atoms with E-state index in [0.717, 1.165) is 30.7 Å². The molecule has 2 aliphatic heterocycles. The number of hydrogen-bond acceptors (Lipinski definition) is 4. The van der Waals surface area contributed by atoms with Gasteiger partial charge < -0.3 is 10.1 Å². The Morgan fingerprint density at radius 3 is 3.00 bits per heavy atom. The van der Waals surface area contributed by atoms with Crippen molar-refractivity contribution in [3.63, 3.8) is 0 Å². The standard InChI is InChI=1S/C16H24N2OS/c1-2-4-16-14(3-1)13-18(9-11-19-16)10-12-20-15-5-7-17-8-6-15/h1-4,15,17H,5-13H2. The molecule has 1 aromatic rings. The molecule has 0 aromatic heterocycles. The predicted octanol–water partition coefficient (Wildman–Crippen LogP) is 2.37. The van der Waals surface area contributed by atoms with E-state index in [1.165, 1.54) is 43.8 Å². The Morgan fingerprint density at radius 2 is 2.10 bits per heavy atom. The molecule has 0 radical (unpaired) electrons. The number of nitrogens with zero attached hydrogens (tertiary/aromatic N) is 1. The number of piperidine rings is 1. The second kappa shape index (κ2) is 7.34. The second-order valence-corrected chi connectivity index (χ2v) is 6.96. The van der Waals surface area contributed by atoms with Gasteiger partial charge in [-0.15, -0.1) is 0 Å². The van der Waals surface area contributed by atoms with Crippen LogP contribution in [0.25, 0.3) is 0 Å². The van der Waals surface area contributed by atoms with Gasteiger partial charge in [0.1, 0.15) is 12.4 Å². The number of ether oxygens (including phenoxy) is 1. The maximum absolute atomic E-state index is 5.82. The molecule has 0 amide bonds. The summed E-state index contributed by atoms with van der Waals surface area (Å²) in [4.78, 5) is 2.53. The lowest BCUT2D eigenvalue weighted by Crippen LogP contribution is -2.31. The Kier molecular flexibility index (Phi) is 5.23. The van der Waals surface area contributed by atoms with Gasteiger partial charge in [-0.25, -0.2) is 0 Å². The van der Waals surface area contributed by atoms with Crippen molar-refractivity contribution in [3.8, 4) is 5.75 Å². The molecule has 20 heavy (non-hydrogen) atoms. The fraction of sp³-hybridized carbons (Fsp3) is 0.625. The molecule has 1 saturated heterocycles. The molecule has 0 spiro atoms. The molecule has 3 rings (SSSR count). The van der Waals surface area contributed by atoms with Crippen molar-refractivity contribution in [3.05, 3.63) is 29.8 Å². The third-order valence-electron chi connectivity index (χ3n) is 4.08. The van der Waals surface area contributed by atoms with Crippen molar-refractivity contribution in [1.82, 2.24) is 10.2 Å². The summed E-state index contributed by atoms with van der Waals surface area (Å²) < 4.78 is 5.82. The average Bonchev–Trinajstić information content (AvgIpc) is 2.70. The number of hydrogen-bond donors (Lipinski definition) is 1. The topological polar surface area (TPSA) is 24.5 Å². The van der Waals surface area contributed by atoms with Crippen LogP contribution in [0.4, 0.5) is 0 Å². The van der Waals surface area contributed by atoms with E-state index in [1.807, 2.05) is 0 Å². The smallest absolute Gasteiger partial charge is 0.123 e. The number of fused-ring (bicyclic) bond motifs is 1. The van der Waals surface area contributed by atoms with Crippen LogP contribution in [0.2, 0.25) is 0 Å². The largest absolute Gasteiger partial charge is 0.492 e. The third kappa shape index (κ3) is 3.90. The molecular weight excluding hydrogens is 268 g/mol. The summed E-state index contributed by atoms with van der Waals surface area (Å²) >= 11 is 2.16. The van der Waals surface area contributed by atoms with E-state index in [4.69, 9.17) is 4.74 Å². The Morgan fingerprint density at radius 1 is 1.25 bits per heavy atom. The molecule has 0 aliphatic carbocycles. The molecule has 1 aromatic carbocycles. The van der Waals surface area contributed by atoms with Crippen molar-refractivity contribution >= 4 is 11.8 Å². The van der Waals surface area contributed by atoms with Gasteiger partial charge in [-0.05, 0) is 32.0 Å². The summed E-state index contributed by atoms with van der Waals surface area (Å²) in [5.74, 6) is 2.31. The summed E-state index contributed by atoms with van der Waals surface area (Å²) in [6.45, 7) is 6.46. The lowest BCUT2D eigenvalue weighted by atomic mass is 10.2. The van der Waals surface area contributed by atoms with Crippen LogP contribution < -0.4 is 10.1 Å². The zero-order valence-electron chi connectivity index (χ0n) is 12.0. The molecule has 0 bridgehead atoms. The highest BCUT2D eigenvalue weighted by Gasteiger charge is 2.16. The van der Waals surface area contributed by atoms with Gasteiger partial charge in [-0.2, -0.15) is 11.8 Å². The maximum Gasteiger partial charge on any atom is 0.123 e. The molecule has 0 unspecified atom stereocenters. The van der Waals surface area contributed by atoms with Gasteiger partial charge >= 0.3 is 0 Å². The minimum atomic E-state index is 0.815. The fourth-order valence-corrected chi connectivity index (χ4v) is 4.15. The molecule has 2 aliphatic rings. The first kappa shape index (κ1) is 14.2. The Labute approximate surface area is 126 Å². The van der Waals surface area contributed by atoms with E-state index in [9.17, 15) is 0 Å². The second-order valence-electron chi connectivity index (χ2n) is 5.55. The SMILES string of the molecule is c1ccc2c(c1)CN(CCSC1CCNCC1)CCO2. The van der Waals surface area contributed by atoms with Crippen LogP contribution in [0.5, 0.6) is 5.75 Å². The van der Waals surface area contributed by atoms with Crippen LogP contribution >= 0.6 is 11.8 Å². The van der Waals surface area contributed by atoms with Crippen LogP contribution in [0.15, 0.2) is 24.3 Å². The summed E-state index contributed by atoms with van der Waals surface area (Å²) in [7, 11) is 0. The zero-order chi connectivity index (χ0) is 13.6. The lowest BCUT2D eigenvalue weighted by molar-refractivity contribution is 0.236. The van der Waals surface area contributed by atoms with E-state index in [1.54, 1.807) is 0 Å².